The first-order valence-corrected chi connectivity index (χ1v) is 5.86. The highest BCUT2D eigenvalue weighted by molar-refractivity contribution is 5.82. The van der Waals surface area contributed by atoms with Crippen molar-refractivity contribution < 1.29 is 29.3 Å². The molecule has 0 rings (SSSR count). The van der Waals surface area contributed by atoms with Gasteiger partial charge in [-0.15, -0.1) is 0 Å². The predicted octanol–water partition coefficient (Wildman–Crippen LogP) is -0.875. The highest BCUT2D eigenvalue weighted by Crippen LogP contribution is 2.01. The third-order valence-corrected chi connectivity index (χ3v) is 2.52. The smallest absolute Gasteiger partial charge is 0.328 e. The number of aliphatic carboxylic acids is 1. The number of ether oxygens (including phenoxy) is 2. The molecular formula is C11H22N2O6. The van der Waals surface area contributed by atoms with Crippen LogP contribution >= 0.6 is 0 Å². The first kappa shape index (κ1) is 17.6. The van der Waals surface area contributed by atoms with Crippen molar-refractivity contribution in [2.45, 2.75) is 19.0 Å². The van der Waals surface area contributed by atoms with Gasteiger partial charge in [0.15, 0.2) is 6.04 Å². The molecule has 0 heterocycles. The number of carboxylic acids is 1. The van der Waals surface area contributed by atoms with Gasteiger partial charge >= 0.3 is 12.0 Å². The summed E-state index contributed by atoms with van der Waals surface area (Å²) in [6, 6.07) is -2.15. The van der Waals surface area contributed by atoms with E-state index in [4.69, 9.17) is 19.7 Å². The monoisotopic (exact) mass is 278 g/mol. The summed E-state index contributed by atoms with van der Waals surface area (Å²) < 4.78 is 9.87. The first-order valence-electron chi connectivity index (χ1n) is 5.86. The first-order chi connectivity index (χ1) is 8.97. The Morgan fingerprint density at radius 3 is 2.37 bits per heavy atom. The maximum absolute atomic E-state index is 12.0. The van der Waals surface area contributed by atoms with Gasteiger partial charge in [-0.1, -0.05) is 0 Å². The molecule has 0 spiro atoms. The van der Waals surface area contributed by atoms with Crippen LogP contribution in [-0.2, 0) is 14.3 Å². The topological polar surface area (TPSA) is 108 Å². The van der Waals surface area contributed by atoms with Crippen molar-refractivity contribution in [2.24, 2.45) is 0 Å². The van der Waals surface area contributed by atoms with Crippen molar-refractivity contribution in [2.75, 3.05) is 40.6 Å². The standard InChI is InChI=1S/C11H22N2O6/c1-8(7-19-3)13(4-5-18-2)11(17)12-9(6-14)10(15)16/h8-9,14H,4-7H2,1-3H3,(H,12,17)(H,15,16)/t8?,9-/m1/s1. The summed E-state index contributed by atoms with van der Waals surface area (Å²) in [5, 5.41) is 19.9. The fourth-order valence-electron chi connectivity index (χ4n) is 1.46. The van der Waals surface area contributed by atoms with E-state index in [-0.39, 0.29) is 6.04 Å². The van der Waals surface area contributed by atoms with Gasteiger partial charge in [-0.3, -0.25) is 0 Å². The molecular weight excluding hydrogens is 256 g/mol. The molecule has 8 nitrogen and oxygen atoms in total. The number of aliphatic hydroxyl groups excluding tert-OH is 1. The van der Waals surface area contributed by atoms with E-state index in [0.29, 0.717) is 19.8 Å². The number of nitrogens with zero attached hydrogens (tertiary/aromatic N) is 1. The van der Waals surface area contributed by atoms with E-state index >= 15 is 0 Å². The van der Waals surface area contributed by atoms with Crippen LogP contribution < -0.4 is 5.32 Å². The van der Waals surface area contributed by atoms with Crippen molar-refractivity contribution >= 4 is 12.0 Å². The largest absolute Gasteiger partial charge is 0.480 e. The lowest BCUT2D eigenvalue weighted by Crippen LogP contribution is -2.53. The van der Waals surface area contributed by atoms with E-state index in [1.54, 1.807) is 6.92 Å². The summed E-state index contributed by atoms with van der Waals surface area (Å²) in [5.74, 6) is -1.29. The fourth-order valence-corrected chi connectivity index (χ4v) is 1.46. The summed E-state index contributed by atoms with van der Waals surface area (Å²) in [6.07, 6.45) is 0. The van der Waals surface area contributed by atoms with Gasteiger partial charge in [0.2, 0.25) is 0 Å². The molecule has 0 fully saturated rings. The maximum atomic E-state index is 12.0. The second-order valence-corrected chi connectivity index (χ2v) is 4.01. The van der Waals surface area contributed by atoms with Gasteiger partial charge in [-0.05, 0) is 6.92 Å². The molecule has 1 unspecified atom stereocenters. The van der Waals surface area contributed by atoms with Crippen LogP contribution in [0.5, 0.6) is 0 Å². The Kier molecular flexibility index (Phi) is 8.84. The number of aliphatic hydroxyl groups is 1. The molecule has 2 atom stereocenters. The number of hydrogen-bond acceptors (Lipinski definition) is 5. The normalized spacial score (nSPS) is 13.7. The number of amides is 2. The molecule has 0 saturated carbocycles. The van der Waals surface area contributed by atoms with Gasteiger partial charge in [-0.25, -0.2) is 9.59 Å². The van der Waals surface area contributed by atoms with E-state index in [1.807, 2.05) is 0 Å². The molecule has 0 aromatic rings. The van der Waals surface area contributed by atoms with Crippen molar-refractivity contribution in [1.29, 1.82) is 0 Å². The molecule has 8 heteroatoms. The van der Waals surface area contributed by atoms with E-state index in [9.17, 15) is 9.59 Å². The molecule has 0 saturated heterocycles. The Morgan fingerprint density at radius 1 is 1.32 bits per heavy atom. The molecule has 112 valence electrons. The van der Waals surface area contributed by atoms with E-state index in [2.05, 4.69) is 5.32 Å². The molecule has 19 heavy (non-hydrogen) atoms. The lowest BCUT2D eigenvalue weighted by atomic mass is 10.3. The zero-order chi connectivity index (χ0) is 14.8. The number of carbonyl (C=O) groups is 2. The Hall–Kier alpha value is -1.38. The molecule has 0 aliphatic rings. The van der Waals surface area contributed by atoms with Crippen molar-refractivity contribution in [1.82, 2.24) is 10.2 Å². The zero-order valence-electron chi connectivity index (χ0n) is 11.5. The zero-order valence-corrected chi connectivity index (χ0v) is 11.5. The van der Waals surface area contributed by atoms with Crippen LogP contribution in [0.25, 0.3) is 0 Å². The molecule has 3 N–H and O–H groups in total. The molecule has 0 aliphatic carbocycles. The number of carboxylic acid groups (broad SMARTS) is 1. The summed E-state index contributed by atoms with van der Waals surface area (Å²) in [5.41, 5.74) is 0. The van der Waals surface area contributed by atoms with Crippen molar-refractivity contribution in [3.05, 3.63) is 0 Å². The maximum Gasteiger partial charge on any atom is 0.328 e. The Labute approximate surface area is 112 Å². The Balaban J connectivity index is 4.64. The minimum Gasteiger partial charge on any atom is -0.480 e. The summed E-state index contributed by atoms with van der Waals surface area (Å²) in [7, 11) is 3.02. The Bertz CT molecular complexity index is 286. The molecule has 0 radical (unpaired) electrons. The number of nitrogens with one attached hydrogen (secondary N) is 1. The van der Waals surface area contributed by atoms with Crippen molar-refractivity contribution in [3.8, 4) is 0 Å². The van der Waals surface area contributed by atoms with Crippen LogP contribution in [0, 0.1) is 0 Å². The van der Waals surface area contributed by atoms with Crippen LogP contribution in [0.4, 0.5) is 4.79 Å². The number of hydrogen-bond donors (Lipinski definition) is 3. The Morgan fingerprint density at radius 2 is 1.95 bits per heavy atom. The van der Waals surface area contributed by atoms with Gasteiger partial charge in [-0.2, -0.15) is 0 Å². The van der Waals surface area contributed by atoms with Crippen LogP contribution in [0.1, 0.15) is 6.92 Å². The molecule has 0 aromatic carbocycles. The third-order valence-electron chi connectivity index (χ3n) is 2.52. The van der Waals surface area contributed by atoms with Crippen LogP contribution in [0.3, 0.4) is 0 Å². The molecule has 0 aromatic heterocycles. The fraction of sp³-hybridized carbons (Fsp3) is 0.818. The van der Waals surface area contributed by atoms with E-state index in [0.717, 1.165) is 0 Å². The molecule has 2 amide bonds. The van der Waals surface area contributed by atoms with Crippen molar-refractivity contribution in [3.63, 3.8) is 0 Å². The van der Waals surface area contributed by atoms with Gasteiger partial charge in [0.1, 0.15) is 0 Å². The summed E-state index contributed by atoms with van der Waals surface area (Å²) >= 11 is 0. The number of carbonyl (C=O) groups excluding carboxylic acids is 1. The predicted molar refractivity (Wildman–Crippen MR) is 67.0 cm³/mol. The SMILES string of the molecule is COCCN(C(=O)N[C@H](CO)C(=O)O)C(C)COC. The average Bonchev–Trinajstić information content (AvgIpc) is 2.36. The van der Waals surface area contributed by atoms with Crippen LogP contribution in [-0.4, -0.2) is 79.8 Å². The lowest BCUT2D eigenvalue weighted by molar-refractivity contribution is -0.140. The van der Waals surface area contributed by atoms with Crippen LogP contribution in [0.15, 0.2) is 0 Å². The lowest BCUT2D eigenvalue weighted by Gasteiger charge is -2.29. The summed E-state index contributed by atoms with van der Waals surface area (Å²) in [6.45, 7) is 2.03. The highest BCUT2D eigenvalue weighted by Gasteiger charge is 2.25. The minimum absolute atomic E-state index is 0.242. The van der Waals surface area contributed by atoms with E-state index < -0.39 is 24.6 Å². The highest BCUT2D eigenvalue weighted by atomic mass is 16.5. The second kappa shape index (κ2) is 9.54. The number of rotatable bonds is 9. The van der Waals surface area contributed by atoms with Crippen LogP contribution in [0.2, 0.25) is 0 Å². The number of urea groups is 1. The van der Waals surface area contributed by atoms with Gasteiger partial charge in [0, 0.05) is 20.8 Å². The molecule has 0 aliphatic heterocycles. The van der Waals surface area contributed by atoms with Gasteiger partial charge < -0.3 is 29.9 Å². The number of methoxy groups -OCH3 is 2. The minimum atomic E-state index is -1.33. The van der Waals surface area contributed by atoms with Gasteiger partial charge in [0.05, 0.1) is 25.9 Å². The quantitative estimate of drug-likeness (QED) is 0.505. The van der Waals surface area contributed by atoms with Gasteiger partial charge in [0.25, 0.3) is 0 Å². The third kappa shape index (κ3) is 6.37. The second-order valence-electron chi connectivity index (χ2n) is 4.01. The summed E-state index contributed by atoms with van der Waals surface area (Å²) in [4.78, 5) is 24.1. The van der Waals surface area contributed by atoms with E-state index in [1.165, 1.54) is 19.1 Å². The average molecular weight is 278 g/mol. The molecule has 0 bridgehead atoms.